The molecule has 0 unspecified atom stereocenters. The Morgan fingerprint density at radius 1 is 1.12 bits per heavy atom. The molecule has 138 valence electrons. The van der Waals surface area contributed by atoms with Crippen LogP contribution in [-0.4, -0.2) is 14.3 Å². The molecule has 1 amide bonds. The summed E-state index contributed by atoms with van der Waals surface area (Å²) in [6.07, 6.45) is 6.09. The third-order valence-corrected chi connectivity index (χ3v) is 7.71. The van der Waals surface area contributed by atoms with Gasteiger partial charge in [-0.2, -0.15) is 0 Å². The Bertz CT molecular complexity index is 963. The lowest BCUT2D eigenvalue weighted by Crippen LogP contribution is -2.41. The minimum Gasteiger partial charge on any atom is -0.273 e. The zero-order chi connectivity index (χ0) is 18.3. The van der Waals surface area contributed by atoms with E-state index in [9.17, 15) is 13.2 Å². The van der Waals surface area contributed by atoms with E-state index in [0.717, 1.165) is 44.1 Å². The van der Waals surface area contributed by atoms with Crippen molar-refractivity contribution in [2.75, 3.05) is 0 Å². The molecule has 2 aromatic rings. The fourth-order valence-electron chi connectivity index (χ4n) is 3.77. The number of sulfonamides is 1. The zero-order valence-electron chi connectivity index (χ0n) is 14.7. The van der Waals surface area contributed by atoms with Crippen LogP contribution in [0.2, 0.25) is 0 Å². The third kappa shape index (κ3) is 3.43. The van der Waals surface area contributed by atoms with E-state index in [-0.39, 0.29) is 4.90 Å². The first-order valence-corrected chi connectivity index (χ1v) is 11.3. The summed E-state index contributed by atoms with van der Waals surface area (Å²) < 4.78 is 25.0. The number of nitrogens with one attached hydrogen (secondary N) is 2. The molecule has 4 rings (SSSR count). The molecule has 0 aliphatic heterocycles. The Labute approximate surface area is 157 Å². The highest BCUT2D eigenvalue weighted by Gasteiger charge is 2.23. The minimum absolute atomic E-state index is 0.192. The Balaban J connectivity index is 1.45. The molecule has 2 aliphatic carbocycles. The second kappa shape index (κ2) is 6.79. The molecule has 0 fully saturated rings. The van der Waals surface area contributed by atoms with Crippen molar-refractivity contribution in [1.29, 1.82) is 0 Å². The summed E-state index contributed by atoms with van der Waals surface area (Å²) in [6.45, 7) is 2.21. The summed E-state index contributed by atoms with van der Waals surface area (Å²) in [4.78, 5) is 16.6. The van der Waals surface area contributed by atoms with Crippen LogP contribution in [0.5, 0.6) is 0 Å². The Kier molecular flexibility index (Phi) is 4.62. The van der Waals surface area contributed by atoms with E-state index in [1.165, 1.54) is 27.3 Å². The molecule has 1 aromatic carbocycles. The maximum absolute atomic E-state index is 12.5. The van der Waals surface area contributed by atoms with Gasteiger partial charge in [-0.1, -0.05) is 13.0 Å². The van der Waals surface area contributed by atoms with E-state index < -0.39 is 15.9 Å². The Morgan fingerprint density at radius 2 is 1.92 bits per heavy atom. The Morgan fingerprint density at radius 3 is 2.77 bits per heavy atom. The van der Waals surface area contributed by atoms with E-state index >= 15 is 0 Å². The van der Waals surface area contributed by atoms with Gasteiger partial charge in [-0.15, -0.1) is 16.2 Å². The summed E-state index contributed by atoms with van der Waals surface area (Å²) in [7, 11) is -3.77. The van der Waals surface area contributed by atoms with Crippen molar-refractivity contribution in [3.63, 3.8) is 0 Å². The molecule has 0 saturated carbocycles. The second-order valence-electron chi connectivity index (χ2n) is 7.25. The van der Waals surface area contributed by atoms with Crippen molar-refractivity contribution in [3.8, 4) is 0 Å². The van der Waals surface area contributed by atoms with Gasteiger partial charge < -0.3 is 0 Å². The number of carbonyl (C=O) groups excluding carboxylic acids is 1. The molecule has 0 radical (unpaired) electrons. The van der Waals surface area contributed by atoms with Crippen LogP contribution in [0.4, 0.5) is 0 Å². The topological polar surface area (TPSA) is 75.3 Å². The molecule has 1 aromatic heterocycles. The number of rotatable bonds is 4. The average molecular weight is 391 g/mol. The highest BCUT2D eigenvalue weighted by Crippen LogP contribution is 2.32. The highest BCUT2D eigenvalue weighted by molar-refractivity contribution is 7.89. The number of hydrogen-bond acceptors (Lipinski definition) is 4. The van der Waals surface area contributed by atoms with Gasteiger partial charge in [0.05, 0.1) is 9.77 Å². The van der Waals surface area contributed by atoms with Crippen LogP contribution in [0, 0.1) is 5.92 Å². The maximum atomic E-state index is 12.5. The lowest BCUT2D eigenvalue weighted by molar-refractivity contribution is 0.0949. The van der Waals surface area contributed by atoms with E-state index in [1.54, 1.807) is 12.1 Å². The van der Waals surface area contributed by atoms with Gasteiger partial charge in [-0.05, 0) is 79.3 Å². The molecule has 1 atom stereocenters. The summed E-state index contributed by atoms with van der Waals surface area (Å²) in [6, 6.07) is 7.08. The first-order chi connectivity index (χ1) is 12.4. The van der Waals surface area contributed by atoms with Gasteiger partial charge in [0.15, 0.2) is 0 Å². The first kappa shape index (κ1) is 17.7. The number of carbonyl (C=O) groups is 1. The largest absolute Gasteiger partial charge is 0.276 e. The Hall–Kier alpha value is -1.70. The fraction of sp³-hybridized carbons (Fsp3) is 0.421. The number of hydrogen-bond donors (Lipinski definition) is 2. The number of fused-ring (bicyclic) bond motifs is 2. The van der Waals surface area contributed by atoms with Crippen LogP contribution >= 0.6 is 11.3 Å². The minimum atomic E-state index is -3.77. The first-order valence-electron chi connectivity index (χ1n) is 8.98. The monoisotopic (exact) mass is 390 g/mol. The van der Waals surface area contributed by atoms with Crippen LogP contribution in [-0.2, 0) is 35.7 Å². The lowest BCUT2D eigenvalue weighted by Gasteiger charge is -2.16. The van der Waals surface area contributed by atoms with Crippen molar-refractivity contribution in [1.82, 2.24) is 10.3 Å². The van der Waals surface area contributed by atoms with E-state index in [1.807, 2.05) is 12.1 Å². The summed E-state index contributed by atoms with van der Waals surface area (Å²) in [5.41, 5.74) is 5.88. The van der Waals surface area contributed by atoms with Crippen molar-refractivity contribution < 1.29 is 13.2 Å². The summed E-state index contributed by atoms with van der Waals surface area (Å²) >= 11 is 1.46. The van der Waals surface area contributed by atoms with Crippen LogP contribution in [0.25, 0.3) is 0 Å². The lowest BCUT2D eigenvalue weighted by atomic mass is 9.90. The molecule has 0 spiro atoms. The molecule has 2 N–H and O–H groups in total. The molecule has 5 nitrogen and oxygen atoms in total. The van der Waals surface area contributed by atoms with Crippen molar-refractivity contribution in [3.05, 3.63) is 50.7 Å². The molecular weight excluding hydrogens is 368 g/mol. The van der Waals surface area contributed by atoms with Crippen molar-refractivity contribution in [2.45, 2.75) is 50.3 Å². The summed E-state index contributed by atoms with van der Waals surface area (Å²) in [5, 5.41) is 0. The van der Waals surface area contributed by atoms with E-state index in [0.29, 0.717) is 10.8 Å². The maximum Gasteiger partial charge on any atom is 0.276 e. The SMILES string of the molecule is C[C@H]1CCc2sc(C(=O)NNS(=O)(=O)c3ccc4c(c3)CCC4)cc2C1. The second-order valence-corrected chi connectivity index (χ2v) is 10.1. The predicted octanol–water partition coefficient (Wildman–Crippen LogP) is 2.98. The van der Waals surface area contributed by atoms with Gasteiger partial charge in [0.1, 0.15) is 0 Å². The molecule has 7 heteroatoms. The van der Waals surface area contributed by atoms with Gasteiger partial charge in [0.25, 0.3) is 15.9 Å². The van der Waals surface area contributed by atoms with Gasteiger partial charge in [0, 0.05) is 4.88 Å². The van der Waals surface area contributed by atoms with Gasteiger partial charge in [-0.25, -0.2) is 8.42 Å². The number of benzene rings is 1. The molecule has 1 heterocycles. The number of thiophene rings is 1. The predicted molar refractivity (Wildman–Crippen MR) is 102 cm³/mol. The normalized spacial score (nSPS) is 19.0. The quantitative estimate of drug-likeness (QED) is 0.788. The van der Waals surface area contributed by atoms with Crippen molar-refractivity contribution in [2.24, 2.45) is 5.92 Å². The van der Waals surface area contributed by atoms with Gasteiger partial charge in [0.2, 0.25) is 0 Å². The van der Waals surface area contributed by atoms with Gasteiger partial charge in [-0.3, -0.25) is 10.2 Å². The molecule has 0 bridgehead atoms. The van der Waals surface area contributed by atoms with E-state index in [4.69, 9.17) is 0 Å². The van der Waals surface area contributed by atoms with Crippen LogP contribution < -0.4 is 10.3 Å². The average Bonchev–Trinajstić information content (AvgIpc) is 3.25. The summed E-state index contributed by atoms with van der Waals surface area (Å²) in [5.74, 6) is 0.230. The number of amides is 1. The standard InChI is InChI=1S/C19H22N2O3S2/c1-12-5-8-17-15(9-12)11-18(25-17)19(22)20-21-26(23,24)16-7-6-13-3-2-4-14(13)10-16/h6-7,10-12,21H,2-5,8-9H2,1H3,(H,20,22)/t12-/m0/s1. The van der Waals surface area contributed by atoms with Crippen LogP contribution in [0.3, 0.4) is 0 Å². The molecule has 2 aliphatic rings. The number of aryl methyl sites for hydroxylation is 3. The van der Waals surface area contributed by atoms with Crippen molar-refractivity contribution >= 4 is 27.3 Å². The molecule has 0 saturated heterocycles. The number of hydrazine groups is 1. The third-order valence-electron chi connectivity index (χ3n) is 5.23. The fourth-order valence-corrected chi connectivity index (χ4v) is 5.76. The highest BCUT2D eigenvalue weighted by atomic mass is 32.2. The smallest absolute Gasteiger partial charge is 0.273 e. The van der Waals surface area contributed by atoms with Gasteiger partial charge >= 0.3 is 0 Å². The van der Waals surface area contributed by atoms with Crippen LogP contribution in [0.15, 0.2) is 29.2 Å². The van der Waals surface area contributed by atoms with Crippen LogP contribution in [0.1, 0.15) is 51.0 Å². The van der Waals surface area contributed by atoms with E-state index in [2.05, 4.69) is 17.2 Å². The molecular formula is C19H22N2O3S2. The zero-order valence-corrected chi connectivity index (χ0v) is 16.3. The molecule has 26 heavy (non-hydrogen) atoms.